The minimum atomic E-state index is -0.683. The zero-order valence-electron chi connectivity index (χ0n) is 14.6. The van der Waals surface area contributed by atoms with E-state index in [9.17, 15) is 9.59 Å². The molecule has 5 nitrogen and oxygen atoms in total. The Hall–Kier alpha value is -2.66. The second-order valence-electron chi connectivity index (χ2n) is 7.06. The van der Waals surface area contributed by atoms with Crippen molar-refractivity contribution in [3.8, 4) is 0 Å². The van der Waals surface area contributed by atoms with E-state index in [1.54, 1.807) is 20.8 Å². The van der Waals surface area contributed by atoms with Crippen molar-refractivity contribution in [1.82, 2.24) is 10.4 Å². The van der Waals surface area contributed by atoms with Gasteiger partial charge >= 0.3 is 6.09 Å². The highest BCUT2D eigenvalue weighted by Gasteiger charge is 2.46. The van der Waals surface area contributed by atoms with Crippen molar-refractivity contribution in [2.75, 3.05) is 0 Å². The van der Waals surface area contributed by atoms with Gasteiger partial charge in [-0.3, -0.25) is 4.79 Å². The smallest absolute Gasteiger partial charge is 0.432 e. The molecule has 2 amide bonds. The van der Waals surface area contributed by atoms with Crippen LogP contribution in [0.1, 0.15) is 43.9 Å². The van der Waals surface area contributed by atoms with Gasteiger partial charge in [-0.15, -0.1) is 0 Å². The molecule has 0 aromatic heterocycles. The number of nitrogens with zero attached hydrogens (tertiary/aromatic N) is 1. The summed E-state index contributed by atoms with van der Waals surface area (Å²) in [5.41, 5.74) is 4.16. The normalized spacial score (nSPS) is 20.6. The Morgan fingerprint density at radius 2 is 1.48 bits per heavy atom. The first kappa shape index (κ1) is 17.2. The van der Waals surface area contributed by atoms with Crippen LogP contribution < -0.4 is 5.43 Å². The van der Waals surface area contributed by atoms with Crippen molar-refractivity contribution in [1.29, 1.82) is 0 Å². The predicted octanol–water partition coefficient (Wildman–Crippen LogP) is 3.79. The molecule has 1 fully saturated rings. The molecule has 130 valence electrons. The van der Waals surface area contributed by atoms with Crippen molar-refractivity contribution >= 4 is 12.0 Å². The number of carbonyl (C=O) groups excluding carboxylic acids is 2. The number of hydrazine groups is 1. The molecule has 1 aliphatic rings. The van der Waals surface area contributed by atoms with Gasteiger partial charge in [0.05, 0.1) is 12.0 Å². The van der Waals surface area contributed by atoms with E-state index in [2.05, 4.69) is 5.43 Å². The van der Waals surface area contributed by atoms with E-state index in [-0.39, 0.29) is 11.9 Å². The Balaban J connectivity index is 1.96. The van der Waals surface area contributed by atoms with Crippen LogP contribution in [0, 0.1) is 0 Å². The number of carbonyl (C=O) groups is 2. The standard InChI is InChI=1S/C20H22N2O3/c1-20(2,3)25-19(24)22-18(23)16(14-10-6-4-7-11-14)17(21-22)15-12-8-5-9-13-15/h4-13,16-17,21H,1-3H3/t16-,17-/m1/s1. The maximum absolute atomic E-state index is 13.0. The summed E-state index contributed by atoms with van der Waals surface area (Å²) in [7, 11) is 0. The fourth-order valence-corrected chi connectivity index (χ4v) is 2.93. The van der Waals surface area contributed by atoms with Crippen LogP contribution in [0.3, 0.4) is 0 Å². The van der Waals surface area contributed by atoms with E-state index in [4.69, 9.17) is 4.74 Å². The molecular formula is C20H22N2O3. The van der Waals surface area contributed by atoms with Crippen LogP contribution in [0.15, 0.2) is 60.7 Å². The fraction of sp³-hybridized carbons (Fsp3) is 0.300. The van der Waals surface area contributed by atoms with E-state index >= 15 is 0 Å². The molecule has 1 aliphatic heterocycles. The molecule has 0 unspecified atom stereocenters. The van der Waals surface area contributed by atoms with Crippen molar-refractivity contribution in [3.63, 3.8) is 0 Å². The van der Waals surface area contributed by atoms with Crippen LogP contribution in [0.2, 0.25) is 0 Å². The molecule has 0 aliphatic carbocycles. The highest BCUT2D eigenvalue weighted by atomic mass is 16.6. The molecular weight excluding hydrogens is 316 g/mol. The second-order valence-corrected chi connectivity index (χ2v) is 7.06. The number of rotatable bonds is 2. The van der Waals surface area contributed by atoms with Gasteiger partial charge in [-0.25, -0.2) is 10.2 Å². The van der Waals surface area contributed by atoms with Gasteiger partial charge in [-0.2, -0.15) is 5.01 Å². The molecule has 2 aromatic rings. The van der Waals surface area contributed by atoms with Crippen LogP contribution in [0.5, 0.6) is 0 Å². The van der Waals surface area contributed by atoms with Gasteiger partial charge in [0.25, 0.3) is 5.91 Å². The minimum Gasteiger partial charge on any atom is -0.442 e. The van der Waals surface area contributed by atoms with Crippen LogP contribution >= 0.6 is 0 Å². The van der Waals surface area contributed by atoms with Gasteiger partial charge in [0.1, 0.15) is 5.60 Å². The number of nitrogens with one attached hydrogen (secondary N) is 1. The Morgan fingerprint density at radius 1 is 0.960 bits per heavy atom. The molecule has 0 saturated carbocycles. The van der Waals surface area contributed by atoms with E-state index < -0.39 is 17.6 Å². The summed E-state index contributed by atoms with van der Waals surface area (Å²) in [6.45, 7) is 5.32. The molecule has 0 radical (unpaired) electrons. The highest BCUT2D eigenvalue weighted by Crippen LogP contribution is 2.37. The minimum absolute atomic E-state index is 0.311. The number of hydrogen-bond donors (Lipinski definition) is 1. The van der Waals surface area contributed by atoms with E-state index in [0.717, 1.165) is 16.1 Å². The van der Waals surface area contributed by atoms with E-state index in [0.29, 0.717) is 0 Å². The van der Waals surface area contributed by atoms with Gasteiger partial charge in [-0.05, 0) is 31.9 Å². The zero-order chi connectivity index (χ0) is 18.0. The van der Waals surface area contributed by atoms with Gasteiger partial charge in [0.2, 0.25) is 0 Å². The lowest BCUT2D eigenvalue weighted by Crippen LogP contribution is -2.43. The van der Waals surface area contributed by atoms with Crippen molar-refractivity contribution in [2.24, 2.45) is 0 Å². The first-order chi connectivity index (χ1) is 11.9. The van der Waals surface area contributed by atoms with Gasteiger partial charge in [0.15, 0.2) is 0 Å². The lowest BCUT2D eigenvalue weighted by molar-refractivity contribution is -0.129. The maximum Gasteiger partial charge on any atom is 0.432 e. The molecule has 5 heteroatoms. The molecule has 25 heavy (non-hydrogen) atoms. The first-order valence-corrected chi connectivity index (χ1v) is 8.30. The van der Waals surface area contributed by atoms with Crippen molar-refractivity contribution in [2.45, 2.75) is 38.3 Å². The topological polar surface area (TPSA) is 58.6 Å². The molecule has 1 N–H and O–H groups in total. The summed E-state index contributed by atoms with van der Waals surface area (Å²) < 4.78 is 5.36. The zero-order valence-corrected chi connectivity index (χ0v) is 14.6. The van der Waals surface area contributed by atoms with E-state index in [1.807, 2.05) is 60.7 Å². The first-order valence-electron chi connectivity index (χ1n) is 8.30. The SMILES string of the molecule is CC(C)(C)OC(=O)N1N[C@H](c2ccccc2)[C@@H](c2ccccc2)C1=O. The largest absolute Gasteiger partial charge is 0.442 e. The summed E-state index contributed by atoms with van der Waals surface area (Å²) >= 11 is 0. The second kappa shape index (κ2) is 6.69. The van der Waals surface area contributed by atoms with Crippen molar-refractivity contribution < 1.29 is 14.3 Å². The lowest BCUT2D eigenvalue weighted by atomic mass is 9.88. The summed E-state index contributed by atoms with van der Waals surface area (Å²) in [4.78, 5) is 25.4. The summed E-state index contributed by atoms with van der Waals surface area (Å²) in [5, 5.41) is 1.00. The predicted molar refractivity (Wildman–Crippen MR) is 94.6 cm³/mol. The fourth-order valence-electron chi connectivity index (χ4n) is 2.93. The van der Waals surface area contributed by atoms with Crippen LogP contribution in [0.4, 0.5) is 4.79 Å². The average molecular weight is 338 g/mol. The number of amides is 2. The average Bonchev–Trinajstić information content (AvgIpc) is 2.92. The number of imide groups is 1. The lowest BCUT2D eigenvalue weighted by Gasteiger charge is -2.23. The van der Waals surface area contributed by atoms with Crippen LogP contribution in [0.25, 0.3) is 0 Å². The van der Waals surface area contributed by atoms with Gasteiger partial charge < -0.3 is 4.74 Å². The quantitative estimate of drug-likeness (QED) is 0.905. The molecule has 0 spiro atoms. The van der Waals surface area contributed by atoms with E-state index in [1.165, 1.54) is 0 Å². The van der Waals surface area contributed by atoms with Crippen LogP contribution in [-0.2, 0) is 9.53 Å². The Bertz CT molecular complexity index is 754. The maximum atomic E-state index is 13.0. The third-order valence-electron chi connectivity index (χ3n) is 3.98. The summed E-state index contributed by atoms with van der Waals surface area (Å²) in [6.07, 6.45) is -0.683. The Labute approximate surface area is 147 Å². The molecule has 0 bridgehead atoms. The number of ether oxygens (including phenoxy) is 1. The monoisotopic (exact) mass is 338 g/mol. The Kier molecular flexibility index (Phi) is 4.59. The third kappa shape index (κ3) is 3.72. The number of benzene rings is 2. The van der Waals surface area contributed by atoms with Crippen molar-refractivity contribution in [3.05, 3.63) is 71.8 Å². The number of hydrogen-bond acceptors (Lipinski definition) is 4. The molecule has 1 saturated heterocycles. The van der Waals surface area contributed by atoms with Gasteiger partial charge in [-0.1, -0.05) is 60.7 Å². The van der Waals surface area contributed by atoms with Crippen LogP contribution in [-0.4, -0.2) is 22.6 Å². The molecule has 2 aromatic carbocycles. The molecule has 1 heterocycles. The summed E-state index contributed by atoms with van der Waals surface area (Å²) in [6, 6.07) is 18.8. The third-order valence-corrected chi connectivity index (χ3v) is 3.98. The van der Waals surface area contributed by atoms with Gasteiger partial charge in [0, 0.05) is 0 Å². The highest BCUT2D eigenvalue weighted by molar-refractivity contribution is 5.97. The molecule has 2 atom stereocenters. The molecule has 3 rings (SSSR count). The summed E-state index contributed by atoms with van der Waals surface area (Å²) in [5.74, 6) is -0.801. The Morgan fingerprint density at radius 3 is 2.00 bits per heavy atom.